The number of carbonyl (C=O) groups is 1. The van der Waals surface area contributed by atoms with Gasteiger partial charge in [0.1, 0.15) is 5.58 Å². The molecule has 0 saturated heterocycles. The molecule has 1 atom stereocenters. The van der Waals surface area contributed by atoms with Gasteiger partial charge >= 0.3 is 0 Å². The van der Waals surface area contributed by atoms with Crippen LogP contribution in [0.5, 0.6) is 11.5 Å². The smallest absolute Gasteiger partial charge is 0.290 e. The Bertz CT molecular complexity index is 1230. The van der Waals surface area contributed by atoms with Gasteiger partial charge in [0.2, 0.25) is 5.76 Å². The van der Waals surface area contributed by atoms with Crippen molar-refractivity contribution in [2.75, 3.05) is 34.0 Å². The number of rotatable bonds is 10. The van der Waals surface area contributed by atoms with E-state index in [0.717, 1.165) is 12.0 Å². The van der Waals surface area contributed by atoms with Crippen molar-refractivity contribution in [1.82, 2.24) is 4.90 Å². The van der Waals surface area contributed by atoms with Crippen LogP contribution in [0.1, 0.15) is 54.4 Å². The molecule has 1 aliphatic rings. The van der Waals surface area contributed by atoms with Gasteiger partial charge in [0.15, 0.2) is 16.9 Å². The van der Waals surface area contributed by atoms with E-state index in [1.165, 1.54) is 0 Å². The van der Waals surface area contributed by atoms with Crippen molar-refractivity contribution in [1.29, 1.82) is 0 Å². The van der Waals surface area contributed by atoms with Crippen molar-refractivity contribution < 1.29 is 23.4 Å². The van der Waals surface area contributed by atoms with Gasteiger partial charge in [0.05, 0.1) is 30.7 Å². The minimum atomic E-state index is -0.584. The van der Waals surface area contributed by atoms with Crippen LogP contribution < -0.4 is 14.9 Å². The molecule has 0 fully saturated rings. The van der Waals surface area contributed by atoms with Crippen LogP contribution in [0.15, 0.2) is 51.7 Å². The summed E-state index contributed by atoms with van der Waals surface area (Å²) in [6, 6.07) is 12.0. The fourth-order valence-corrected chi connectivity index (χ4v) is 4.30. The number of benzene rings is 2. The molecule has 0 radical (unpaired) electrons. The Labute approximate surface area is 199 Å². The maximum Gasteiger partial charge on any atom is 0.290 e. The predicted octanol–water partition coefficient (Wildman–Crippen LogP) is 4.81. The molecule has 7 heteroatoms. The van der Waals surface area contributed by atoms with Gasteiger partial charge in [-0.3, -0.25) is 9.59 Å². The van der Waals surface area contributed by atoms with Gasteiger partial charge in [0.25, 0.3) is 5.91 Å². The number of para-hydroxylation sites is 1. The van der Waals surface area contributed by atoms with E-state index in [2.05, 4.69) is 13.8 Å². The molecule has 0 spiro atoms. The number of ether oxygens (including phenoxy) is 3. The summed E-state index contributed by atoms with van der Waals surface area (Å²) in [5.41, 5.74) is 1.33. The number of fused-ring (bicyclic) bond motifs is 2. The predicted molar refractivity (Wildman–Crippen MR) is 130 cm³/mol. The molecule has 0 aliphatic carbocycles. The minimum Gasteiger partial charge on any atom is -0.493 e. The first-order chi connectivity index (χ1) is 16.5. The summed E-state index contributed by atoms with van der Waals surface area (Å²) in [4.78, 5) is 28.6. The summed E-state index contributed by atoms with van der Waals surface area (Å²) in [6.07, 6.45) is 1.56. The maximum absolute atomic E-state index is 13.5. The highest BCUT2D eigenvalue weighted by atomic mass is 16.5. The third-order valence-electron chi connectivity index (χ3n) is 6.08. The lowest BCUT2D eigenvalue weighted by Crippen LogP contribution is -2.31. The molecule has 180 valence electrons. The van der Waals surface area contributed by atoms with Crippen molar-refractivity contribution in [3.63, 3.8) is 0 Å². The van der Waals surface area contributed by atoms with Gasteiger partial charge in [-0.05, 0) is 48.6 Å². The zero-order valence-electron chi connectivity index (χ0n) is 20.1. The van der Waals surface area contributed by atoms with Crippen molar-refractivity contribution in [3.05, 3.63) is 69.6 Å². The van der Waals surface area contributed by atoms with Gasteiger partial charge in [-0.1, -0.05) is 32.0 Å². The second-order valence-corrected chi connectivity index (χ2v) is 8.86. The molecule has 4 rings (SSSR count). The topological polar surface area (TPSA) is 78.2 Å². The summed E-state index contributed by atoms with van der Waals surface area (Å²) < 4.78 is 22.7. The average Bonchev–Trinajstić information content (AvgIpc) is 3.11. The number of hydrogen-bond acceptors (Lipinski definition) is 6. The highest BCUT2D eigenvalue weighted by Crippen LogP contribution is 2.41. The molecule has 0 saturated carbocycles. The first kappa shape index (κ1) is 23.8. The normalized spacial score (nSPS) is 15.3. The Kier molecular flexibility index (Phi) is 7.22. The molecule has 7 nitrogen and oxygen atoms in total. The van der Waals surface area contributed by atoms with E-state index in [1.807, 2.05) is 18.2 Å². The number of amides is 1. The van der Waals surface area contributed by atoms with Gasteiger partial charge in [-0.25, -0.2) is 0 Å². The third-order valence-corrected chi connectivity index (χ3v) is 6.08. The quantitative estimate of drug-likeness (QED) is 0.400. The molecule has 0 bridgehead atoms. The van der Waals surface area contributed by atoms with Crippen molar-refractivity contribution in [2.24, 2.45) is 5.92 Å². The van der Waals surface area contributed by atoms with E-state index in [9.17, 15) is 9.59 Å². The summed E-state index contributed by atoms with van der Waals surface area (Å²) in [5.74, 6) is 1.52. The molecule has 1 amide bonds. The van der Waals surface area contributed by atoms with E-state index >= 15 is 0 Å². The second-order valence-electron chi connectivity index (χ2n) is 8.86. The lowest BCUT2D eigenvalue weighted by atomic mass is 9.98. The Balaban J connectivity index is 1.79. The third kappa shape index (κ3) is 4.53. The molecule has 34 heavy (non-hydrogen) atoms. The summed E-state index contributed by atoms with van der Waals surface area (Å²) in [7, 11) is 3.21. The molecular formula is C27H31NO6. The van der Waals surface area contributed by atoms with Gasteiger partial charge in [-0.2, -0.15) is 0 Å². The molecule has 0 N–H and O–H groups in total. The minimum absolute atomic E-state index is 0.0994. The Morgan fingerprint density at radius 1 is 1.03 bits per heavy atom. The van der Waals surface area contributed by atoms with E-state index in [1.54, 1.807) is 43.4 Å². The molecule has 1 aromatic heterocycles. The Morgan fingerprint density at radius 3 is 2.56 bits per heavy atom. The first-order valence-corrected chi connectivity index (χ1v) is 11.6. The van der Waals surface area contributed by atoms with Crippen LogP contribution in [0.25, 0.3) is 11.0 Å². The van der Waals surface area contributed by atoms with Crippen LogP contribution in [0.3, 0.4) is 0 Å². The number of nitrogens with zero attached hydrogens (tertiary/aromatic N) is 1. The highest BCUT2D eigenvalue weighted by Gasteiger charge is 2.42. The van der Waals surface area contributed by atoms with Crippen LogP contribution in [0, 0.1) is 5.92 Å². The molecule has 2 aromatic carbocycles. The molecule has 2 heterocycles. The maximum atomic E-state index is 13.5. The fraction of sp³-hybridized carbons (Fsp3) is 0.407. The Hall–Kier alpha value is -3.32. The summed E-state index contributed by atoms with van der Waals surface area (Å²) >= 11 is 0. The standard InChI is InChI=1S/C27H31NO6/c1-17(2)12-15-33-21-11-10-18(16-22(21)32-4)24-23-25(29)19-8-5-6-9-20(19)34-26(23)27(30)28(24)13-7-14-31-3/h5-6,8-11,16-17,24H,7,12-15H2,1-4H3/t24-/m1/s1. The van der Waals surface area contributed by atoms with Crippen LogP contribution in [-0.4, -0.2) is 44.8 Å². The summed E-state index contributed by atoms with van der Waals surface area (Å²) in [6.45, 7) is 5.79. The SMILES string of the molecule is COCCCN1C(=O)c2oc3ccccc3c(=O)c2[C@H]1c1ccc(OCCC(C)C)c(OC)c1. The lowest BCUT2D eigenvalue weighted by molar-refractivity contribution is 0.0707. The highest BCUT2D eigenvalue weighted by molar-refractivity contribution is 5.99. The zero-order valence-corrected chi connectivity index (χ0v) is 20.1. The van der Waals surface area contributed by atoms with Gasteiger partial charge < -0.3 is 23.5 Å². The van der Waals surface area contributed by atoms with E-state index in [4.69, 9.17) is 18.6 Å². The molecule has 3 aromatic rings. The van der Waals surface area contributed by atoms with Crippen LogP contribution in [-0.2, 0) is 4.74 Å². The average molecular weight is 466 g/mol. The lowest BCUT2D eigenvalue weighted by Gasteiger charge is -2.25. The van der Waals surface area contributed by atoms with Crippen molar-refractivity contribution in [2.45, 2.75) is 32.7 Å². The largest absolute Gasteiger partial charge is 0.493 e. The van der Waals surface area contributed by atoms with Crippen molar-refractivity contribution >= 4 is 16.9 Å². The van der Waals surface area contributed by atoms with Crippen LogP contribution >= 0.6 is 0 Å². The van der Waals surface area contributed by atoms with Gasteiger partial charge in [-0.15, -0.1) is 0 Å². The van der Waals surface area contributed by atoms with E-state index < -0.39 is 6.04 Å². The zero-order chi connectivity index (χ0) is 24.2. The second kappa shape index (κ2) is 10.3. The summed E-state index contributed by atoms with van der Waals surface area (Å²) in [5, 5.41) is 0.457. The van der Waals surface area contributed by atoms with Crippen LogP contribution in [0.2, 0.25) is 0 Å². The van der Waals surface area contributed by atoms with Gasteiger partial charge in [0, 0.05) is 20.3 Å². The molecular weight excluding hydrogens is 434 g/mol. The van der Waals surface area contributed by atoms with Crippen molar-refractivity contribution in [3.8, 4) is 11.5 Å². The van der Waals surface area contributed by atoms with Crippen LogP contribution in [0.4, 0.5) is 0 Å². The molecule has 0 unspecified atom stereocenters. The molecule has 1 aliphatic heterocycles. The first-order valence-electron chi connectivity index (χ1n) is 11.6. The number of methoxy groups -OCH3 is 2. The number of hydrogen-bond donors (Lipinski definition) is 0. The number of carbonyl (C=O) groups excluding carboxylic acids is 1. The monoisotopic (exact) mass is 465 g/mol. The van der Waals surface area contributed by atoms with E-state index in [-0.39, 0.29) is 17.1 Å². The fourth-order valence-electron chi connectivity index (χ4n) is 4.30. The van der Waals surface area contributed by atoms with E-state index in [0.29, 0.717) is 60.1 Å². The Morgan fingerprint density at radius 2 is 1.82 bits per heavy atom.